The van der Waals surface area contributed by atoms with Crippen molar-refractivity contribution in [2.45, 2.75) is 13.0 Å². The summed E-state index contributed by atoms with van der Waals surface area (Å²) in [7, 11) is 4.22. The number of halogens is 2. The molecule has 0 saturated heterocycles. The average molecular weight is 363 g/mol. The lowest BCUT2D eigenvalue weighted by Crippen LogP contribution is -2.32. The van der Waals surface area contributed by atoms with Gasteiger partial charge in [-0.2, -0.15) is 4.39 Å². The van der Waals surface area contributed by atoms with E-state index in [0.717, 1.165) is 22.3 Å². The van der Waals surface area contributed by atoms with Crippen LogP contribution in [0.2, 0.25) is 0 Å². The summed E-state index contributed by atoms with van der Waals surface area (Å²) in [6.45, 7) is 1.07. The molecule has 2 aromatic rings. The van der Waals surface area contributed by atoms with Crippen LogP contribution in [0, 0.1) is 11.6 Å². The van der Waals surface area contributed by atoms with E-state index in [1.54, 1.807) is 12.3 Å². The van der Waals surface area contributed by atoms with Crippen molar-refractivity contribution >= 4 is 11.6 Å². The Morgan fingerprint density at radius 3 is 2.69 bits per heavy atom. The number of methoxy groups -OCH3 is 1. The maximum absolute atomic E-state index is 13.8. The first-order chi connectivity index (χ1) is 12.4. The molecule has 3 rings (SSSR count). The van der Waals surface area contributed by atoms with E-state index in [1.807, 2.05) is 4.90 Å². The van der Waals surface area contributed by atoms with Gasteiger partial charge in [0.15, 0.2) is 11.6 Å². The summed E-state index contributed by atoms with van der Waals surface area (Å²) in [6, 6.07) is 4.38. The molecule has 1 aliphatic heterocycles. The number of hydrogen-bond acceptors (Lipinski definition) is 5. The number of rotatable bonds is 4. The molecule has 138 valence electrons. The molecule has 26 heavy (non-hydrogen) atoms. The third kappa shape index (κ3) is 3.32. The summed E-state index contributed by atoms with van der Waals surface area (Å²) in [5.41, 5.74) is 2.76. The molecular formula is C18H19F2N3O3. The quantitative estimate of drug-likeness (QED) is 0.782. The SMILES string of the molecule is COc1cc(N2CCc3cc(C(=O)N(C)OC)ncc3C2)cc(F)c1F. The first-order valence-corrected chi connectivity index (χ1v) is 8.02. The van der Waals surface area contributed by atoms with Crippen molar-refractivity contribution in [3.8, 4) is 5.75 Å². The molecule has 2 heterocycles. The highest BCUT2D eigenvalue weighted by Crippen LogP contribution is 2.30. The van der Waals surface area contributed by atoms with Crippen molar-refractivity contribution in [2.24, 2.45) is 0 Å². The van der Waals surface area contributed by atoms with E-state index in [9.17, 15) is 13.6 Å². The largest absolute Gasteiger partial charge is 0.493 e. The minimum Gasteiger partial charge on any atom is -0.493 e. The predicted octanol–water partition coefficient (Wildman–Crippen LogP) is 2.56. The van der Waals surface area contributed by atoms with Crippen LogP contribution >= 0.6 is 0 Å². The van der Waals surface area contributed by atoms with Crippen LogP contribution in [0.25, 0.3) is 0 Å². The number of carbonyl (C=O) groups excluding carboxylic acids is 1. The fraction of sp³-hybridized carbons (Fsp3) is 0.333. The normalized spacial score (nSPS) is 13.3. The molecule has 0 bridgehead atoms. The molecule has 8 heteroatoms. The summed E-state index contributed by atoms with van der Waals surface area (Å²) < 4.78 is 32.3. The van der Waals surface area contributed by atoms with E-state index >= 15 is 0 Å². The van der Waals surface area contributed by atoms with Gasteiger partial charge < -0.3 is 9.64 Å². The topological polar surface area (TPSA) is 54.9 Å². The molecule has 0 saturated carbocycles. The molecule has 1 aromatic heterocycles. The lowest BCUT2D eigenvalue weighted by molar-refractivity contribution is -0.0760. The Morgan fingerprint density at radius 1 is 1.23 bits per heavy atom. The van der Waals surface area contributed by atoms with E-state index in [0.29, 0.717) is 30.9 Å². The molecule has 0 spiro atoms. The first kappa shape index (κ1) is 18.1. The third-order valence-corrected chi connectivity index (χ3v) is 4.44. The number of hydroxylamine groups is 2. The molecule has 0 fully saturated rings. The Kier molecular flexibility index (Phi) is 5.03. The van der Waals surface area contributed by atoms with Crippen LogP contribution in [0.3, 0.4) is 0 Å². The van der Waals surface area contributed by atoms with E-state index in [1.165, 1.54) is 27.3 Å². The number of nitrogens with zero attached hydrogens (tertiary/aromatic N) is 3. The molecule has 1 aliphatic rings. The number of benzene rings is 1. The summed E-state index contributed by atoms with van der Waals surface area (Å²) in [5.74, 6) is -2.41. The van der Waals surface area contributed by atoms with Crippen molar-refractivity contribution in [2.75, 3.05) is 32.7 Å². The maximum Gasteiger partial charge on any atom is 0.295 e. The highest BCUT2D eigenvalue weighted by molar-refractivity contribution is 5.91. The van der Waals surface area contributed by atoms with Gasteiger partial charge in [-0.1, -0.05) is 0 Å². The van der Waals surface area contributed by atoms with Crippen molar-refractivity contribution < 1.29 is 23.1 Å². The van der Waals surface area contributed by atoms with Crippen LogP contribution in [-0.2, 0) is 17.8 Å². The fourth-order valence-electron chi connectivity index (χ4n) is 2.90. The molecule has 0 unspecified atom stereocenters. The van der Waals surface area contributed by atoms with Gasteiger partial charge in [-0.15, -0.1) is 0 Å². The fourth-order valence-corrected chi connectivity index (χ4v) is 2.90. The lowest BCUT2D eigenvalue weighted by atomic mass is 10.00. The molecule has 0 radical (unpaired) electrons. The zero-order valence-electron chi connectivity index (χ0n) is 14.8. The summed E-state index contributed by atoms with van der Waals surface area (Å²) in [6.07, 6.45) is 2.28. The van der Waals surface area contributed by atoms with Gasteiger partial charge in [0.25, 0.3) is 5.91 Å². The van der Waals surface area contributed by atoms with Crippen LogP contribution in [-0.4, -0.2) is 43.8 Å². The molecule has 0 N–H and O–H groups in total. The van der Waals surface area contributed by atoms with Gasteiger partial charge >= 0.3 is 0 Å². The van der Waals surface area contributed by atoms with Gasteiger partial charge in [-0.3, -0.25) is 14.6 Å². The first-order valence-electron chi connectivity index (χ1n) is 8.02. The predicted molar refractivity (Wildman–Crippen MR) is 91.0 cm³/mol. The number of fused-ring (bicyclic) bond motifs is 1. The second kappa shape index (κ2) is 7.25. The van der Waals surface area contributed by atoms with Crippen molar-refractivity contribution in [1.29, 1.82) is 0 Å². The van der Waals surface area contributed by atoms with Crippen molar-refractivity contribution in [1.82, 2.24) is 10.0 Å². The van der Waals surface area contributed by atoms with Gasteiger partial charge in [0.2, 0.25) is 5.82 Å². The van der Waals surface area contributed by atoms with Crippen molar-refractivity contribution in [3.05, 3.63) is 52.9 Å². The van der Waals surface area contributed by atoms with Crippen LogP contribution in [0.4, 0.5) is 14.5 Å². The second-order valence-electron chi connectivity index (χ2n) is 5.94. The van der Waals surface area contributed by atoms with Gasteiger partial charge in [0.05, 0.1) is 14.2 Å². The van der Waals surface area contributed by atoms with Crippen LogP contribution in [0.15, 0.2) is 24.4 Å². The van der Waals surface area contributed by atoms with Crippen molar-refractivity contribution in [3.63, 3.8) is 0 Å². The Morgan fingerprint density at radius 2 is 2.00 bits per heavy atom. The zero-order chi connectivity index (χ0) is 18.8. The number of aromatic nitrogens is 1. The number of pyridine rings is 1. The summed E-state index contributed by atoms with van der Waals surface area (Å²) >= 11 is 0. The number of amides is 1. The lowest BCUT2D eigenvalue weighted by Gasteiger charge is -2.31. The van der Waals surface area contributed by atoms with Gasteiger partial charge in [0, 0.05) is 44.2 Å². The maximum atomic E-state index is 13.8. The zero-order valence-corrected chi connectivity index (χ0v) is 14.8. The molecule has 0 aliphatic carbocycles. The van der Waals surface area contributed by atoms with E-state index in [-0.39, 0.29) is 11.7 Å². The standard InChI is InChI=1S/C18H19F2N3O3/c1-22(26-3)18(24)15-6-11-4-5-23(10-12(11)9-21-15)13-7-14(19)17(20)16(8-13)25-2/h6-9H,4-5,10H2,1-3H3. The summed E-state index contributed by atoms with van der Waals surface area (Å²) in [5, 5.41) is 1.11. The summed E-state index contributed by atoms with van der Waals surface area (Å²) in [4.78, 5) is 23.1. The van der Waals surface area contributed by atoms with Gasteiger partial charge in [-0.05, 0) is 23.6 Å². The van der Waals surface area contributed by atoms with Crippen LogP contribution in [0.1, 0.15) is 21.6 Å². The molecule has 1 aromatic carbocycles. The van der Waals surface area contributed by atoms with Gasteiger partial charge in [-0.25, -0.2) is 9.45 Å². The van der Waals surface area contributed by atoms with Gasteiger partial charge in [0.1, 0.15) is 5.69 Å². The smallest absolute Gasteiger partial charge is 0.295 e. The Labute approximate surface area is 149 Å². The molecule has 1 amide bonds. The minimum absolute atomic E-state index is 0.132. The molecule has 0 atom stereocenters. The average Bonchev–Trinajstić information content (AvgIpc) is 2.67. The minimum atomic E-state index is -0.999. The van der Waals surface area contributed by atoms with Crippen LogP contribution < -0.4 is 9.64 Å². The monoisotopic (exact) mass is 363 g/mol. The number of ether oxygens (including phenoxy) is 1. The number of carbonyl (C=O) groups is 1. The Balaban J connectivity index is 1.85. The highest BCUT2D eigenvalue weighted by atomic mass is 19.2. The van der Waals surface area contributed by atoms with E-state index in [2.05, 4.69) is 4.98 Å². The third-order valence-electron chi connectivity index (χ3n) is 4.44. The number of anilines is 1. The second-order valence-corrected chi connectivity index (χ2v) is 5.94. The Hall–Kier alpha value is -2.74. The highest BCUT2D eigenvalue weighted by Gasteiger charge is 2.22. The van der Waals surface area contributed by atoms with E-state index in [4.69, 9.17) is 9.57 Å². The number of hydrogen-bond donors (Lipinski definition) is 0. The Bertz CT molecular complexity index is 845. The molecule has 6 nitrogen and oxygen atoms in total. The molecular weight excluding hydrogens is 344 g/mol. The van der Waals surface area contributed by atoms with Crippen LogP contribution in [0.5, 0.6) is 5.75 Å². The van der Waals surface area contributed by atoms with E-state index < -0.39 is 11.6 Å².